The van der Waals surface area contributed by atoms with Gasteiger partial charge in [0.1, 0.15) is 5.76 Å². The molecule has 0 amide bonds. The zero-order valence-electron chi connectivity index (χ0n) is 16.1. The molecule has 2 N–H and O–H groups in total. The molecule has 4 rings (SSSR count). The van der Waals surface area contributed by atoms with Crippen molar-refractivity contribution in [1.82, 2.24) is 15.5 Å². The molecule has 0 radical (unpaired) electrons. The smallest absolute Gasteiger partial charge is 0.191 e. The number of nitrogens with zero attached hydrogens (tertiary/aromatic N) is 2. The molecule has 5 nitrogen and oxygen atoms in total. The monoisotopic (exact) mass is 386 g/mol. The number of thiophene rings is 1. The van der Waals surface area contributed by atoms with Crippen LogP contribution in [0.15, 0.2) is 45.3 Å². The standard InChI is InChI=1S/C21H30N4OS/c1-16-14-17(15-25(16)18-6-7-18)24-21(22-10-8-19-4-2-12-26-19)23-11-9-20-5-3-13-27-20/h2-5,12-13,16-18H,6-11,14-15H2,1H3,(H2,22,23,24). The van der Waals surface area contributed by atoms with E-state index < -0.39 is 0 Å². The normalized spacial score (nSPS) is 23.7. The number of likely N-dealkylation sites (tertiary alicyclic amines) is 1. The second-order valence-corrected chi connectivity index (χ2v) is 8.70. The highest BCUT2D eigenvalue weighted by Crippen LogP contribution is 2.33. The molecular formula is C21H30N4OS. The van der Waals surface area contributed by atoms with Crippen molar-refractivity contribution >= 4 is 17.3 Å². The van der Waals surface area contributed by atoms with Gasteiger partial charge in [0.15, 0.2) is 5.96 Å². The third-order valence-corrected chi connectivity index (χ3v) is 6.37. The van der Waals surface area contributed by atoms with Crippen LogP contribution in [0.1, 0.15) is 36.8 Å². The minimum atomic E-state index is 0.484. The molecule has 0 spiro atoms. The second-order valence-electron chi connectivity index (χ2n) is 7.67. The Bertz CT molecular complexity index is 709. The molecule has 2 atom stereocenters. The number of aliphatic imine (C=N–C) groups is 1. The Morgan fingerprint density at radius 2 is 2.22 bits per heavy atom. The van der Waals surface area contributed by atoms with Crippen molar-refractivity contribution in [3.05, 3.63) is 46.5 Å². The summed E-state index contributed by atoms with van der Waals surface area (Å²) in [6.45, 7) is 5.13. The quantitative estimate of drug-likeness (QED) is 0.540. The summed E-state index contributed by atoms with van der Waals surface area (Å²) in [5.41, 5.74) is 0. The number of nitrogens with one attached hydrogen (secondary N) is 2. The zero-order chi connectivity index (χ0) is 18.5. The molecule has 0 aromatic carbocycles. The molecule has 1 aliphatic heterocycles. The maximum Gasteiger partial charge on any atom is 0.191 e. The van der Waals surface area contributed by atoms with Crippen LogP contribution in [0.4, 0.5) is 0 Å². The first-order chi connectivity index (χ1) is 13.3. The summed E-state index contributed by atoms with van der Waals surface area (Å²) in [6.07, 6.45) is 7.54. The fourth-order valence-electron chi connectivity index (χ4n) is 3.91. The largest absolute Gasteiger partial charge is 0.469 e. The van der Waals surface area contributed by atoms with Crippen LogP contribution in [0.25, 0.3) is 0 Å². The maximum atomic E-state index is 5.43. The molecule has 2 aromatic rings. The van der Waals surface area contributed by atoms with E-state index in [0.29, 0.717) is 12.1 Å². The molecule has 2 aromatic heterocycles. The van der Waals surface area contributed by atoms with Crippen molar-refractivity contribution < 1.29 is 4.42 Å². The van der Waals surface area contributed by atoms with Crippen LogP contribution < -0.4 is 10.6 Å². The van der Waals surface area contributed by atoms with Gasteiger partial charge in [0.25, 0.3) is 0 Å². The highest BCUT2D eigenvalue weighted by atomic mass is 32.1. The molecule has 146 valence electrons. The van der Waals surface area contributed by atoms with E-state index in [2.05, 4.69) is 40.0 Å². The van der Waals surface area contributed by atoms with Gasteiger partial charge in [-0.05, 0) is 49.8 Å². The fraction of sp³-hybridized carbons (Fsp3) is 0.571. The van der Waals surface area contributed by atoms with Crippen molar-refractivity contribution in [3.8, 4) is 0 Å². The molecule has 6 heteroatoms. The minimum absolute atomic E-state index is 0.484. The third kappa shape index (κ3) is 5.36. The SMILES string of the molecule is CC1CC(NC(=NCCc2cccs2)NCCc2ccco2)CN1C1CC1. The van der Waals surface area contributed by atoms with Crippen LogP contribution in [0, 0.1) is 0 Å². The van der Waals surface area contributed by atoms with Crippen molar-refractivity contribution in [3.63, 3.8) is 0 Å². The Morgan fingerprint density at radius 3 is 2.96 bits per heavy atom. The predicted octanol–water partition coefficient (Wildman–Crippen LogP) is 3.29. The summed E-state index contributed by atoms with van der Waals surface area (Å²) < 4.78 is 5.43. The van der Waals surface area contributed by atoms with Crippen molar-refractivity contribution in [1.29, 1.82) is 0 Å². The van der Waals surface area contributed by atoms with Crippen LogP contribution in [0.2, 0.25) is 0 Å². The Kier molecular flexibility index (Phi) is 6.14. The molecular weight excluding hydrogens is 356 g/mol. The topological polar surface area (TPSA) is 52.8 Å². The van der Waals surface area contributed by atoms with Crippen LogP contribution in [-0.4, -0.2) is 48.6 Å². The van der Waals surface area contributed by atoms with Gasteiger partial charge in [-0.1, -0.05) is 6.07 Å². The summed E-state index contributed by atoms with van der Waals surface area (Å²) in [7, 11) is 0. The first-order valence-electron chi connectivity index (χ1n) is 10.1. The lowest BCUT2D eigenvalue weighted by Gasteiger charge is -2.20. The summed E-state index contributed by atoms with van der Waals surface area (Å²) in [4.78, 5) is 8.91. The molecule has 1 saturated heterocycles. The van der Waals surface area contributed by atoms with Crippen LogP contribution in [0.5, 0.6) is 0 Å². The lowest BCUT2D eigenvalue weighted by Crippen LogP contribution is -2.45. The molecule has 0 bridgehead atoms. The predicted molar refractivity (Wildman–Crippen MR) is 111 cm³/mol. The van der Waals surface area contributed by atoms with E-state index in [0.717, 1.165) is 50.2 Å². The van der Waals surface area contributed by atoms with E-state index in [1.807, 2.05) is 12.1 Å². The summed E-state index contributed by atoms with van der Waals surface area (Å²) in [6, 6.07) is 10.2. The van der Waals surface area contributed by atoms with Crippen LogP contribution in [0.3, 0.4) is 0 Å². The highest BCUT2D eigenvalue weighted by molar-refractivity contribution is 7.09. The molecule has 27 heavy (non-hydrogen) atoms. The van der Waals surface area contributed by atoms with Crippen LogP contribution in [-0.2, 0) is 12.8 Å². The number of rotatable bonds is 8. The van der Waals surface area contributed by atoms with E-state index in [1.165, 1.54) is 24.1 Å². The van der Waals surface area contributed by atoms with Gasteiger partial charge < -0.3 is 15.1 Å². The maximum absolute atomic E-state index is 5.43. The van der Waals surface area contributed by atoms with Crippen molar-refractivity contribution in [2.45, 2.75) is 57.2 Å². The summed E-state index contributed by atoms with van der Waals surface area (Å²) >= 11 is 1.81. The molecule has 2 unspecified atom stereocenters. The number of hydrogen-bond acceptors (Lipinski definition) is 4. The Balaban J connectivity index is 1.31. The molecule has 1 aliphatic carbocycles. The molecule has 3 heterocycles. The van der Waals surface area contributed by atoms with Gasteiger partial charge >= 0.3 is 0 Å². The Hall–Kier alpha value is -1.79. The number of guanidine groups is 1. The van der Waals surface area contributed by atoms with Gasteiger partial charge in [-0.2, -0.15) is 0 Å². The van der Waals surface area contributed by atoms with Gasteiger partial charge in [0, 0.05) is 55.5 Å². The van der Waals surface area contributed by atoms with E-state index in [-0.39, 0.29) is 0 Å². The number of furan rings is 1. The third-order valence-electron chi connectivity index (χ3n) is 5.43. The summed E-state index contributed by atoms with van der Waals surface area (Å²) in [5, 5.41) is 9.32. The van der Waals surface area contributed by atoms with Crippen molar-refractivity contribution in [2.24, 2.45) is 4.99 Å². The highest BCUT2D eigenvalue weighted by Gasteiger charge is 2.38. The average Bonchev–Trinajstić information content (AvgIpc) is 3.03. The zero-order valence-corrected chi connectivity index (χ0v) is 16.9. The van der Waals surface area contributed by atoms with E-state index in [4.69, 9.17) is 9.41 Å². The molecule has 1 saturated carbocycles. The molecule has 2 aliphatic rings. The number of hydrogen-bond donors (Lipinski definition) is 2. The second kappa shape index (κ2) is 8.93. The fourth-order valence-corrected chi connectivity index (χ4v) is 4.61. The summed E-state index contributed by atoms with van der Waals surface area (Å²) in [5.74, 6) is 1.95. The van der Waals surface area contributed by atoms with Crippen molar-refractivity contribution in [2.75, 3.05) is 19.6 Å². The van der Waals surface area contributed by atoms with E-state index >= 15 is 0 Å². The van der Waals surface area contributed by atoms with E-state index in [9.17, 15) is 0 Å². The first kappa shape index (κ1) is 18.6. The average molecular weight is 387 g/mol. The Labute approximate surface area is 165 Å². The lowest BCUT2D eigenvalue weighted by atomic mass is 10.2. The van der Waals surface area contributed by atoms with Gasteiger partial charge in [-0.3, -0.25) is 9.89 Å². The van der Waals surface area contributed by atoms with Gasteiger partial charge in [0.2, 0.25) is 0 Å². The van der Waals surface area contributed by atoms with Gasteiger partial charge in [-0.15, -0.1) is 11.3 Å². The lowest BCUT2D eigenvalue weighted by molar-refractivity contribution is 0.256. The van der Waals surface area contributed by atoms with Gasteiger partial charge in [-0.25, -0.2) is 0 Å². The minimum Gasteiger partial charge on any atom is -0.469 e. The van der Waals surface area contributed by atoms with Gasteiger partial charge in [0.05, 0.1) is 6.26 Å². The Morgan fingerprint density at radius 1 is 1.30 bits per heavy atom. The van der Waals surface area contributed by atoms with Crippen LogP contribution >= 0.6 is 11.3 Å². The molecule has 2 fully saturated rings. The van der Waals surface area contributed by atoms with E-state index in [1.54, 1.807) is 17.6 Å². The first-order valence-corrected chi connectivity index (χ1v) is 11.0.